The van der Waals surface area contributed by atoms with Crippen LogP contribution >= 0.6 is 11.6 Å². The van der Waals surface area contributed by atoms with Gasteiger partial charge in [-0.1, -0.05) is 11.6 Å². The van der Waals surface area contributed by atoms with Crippen LogP contribution in [0.1, 0.15) is 11.1 Å². The molecular weight excluding hydrogens is 165 g/mol. The van der Waals surface area contributed by atoms with E-state index in [0.29, 0.717) is 11.6 Å². The van der Waals surface area contributed by atoms with Crippen molar-refractivity contribution in [3.05, 3.63) is 34.1 Å². The van der Waals surface area contributed by atoms with Crippen LogP contribution in [-0.2, 0) is 6.54 Å². The van der Waals surface area contributed by atoms with Gasteiger partial charge in [-0.3, -0.25) is 0 Å². The van der Waals surface area contributed by atoms with E-state index in [2.05, 4.69) is 0 Å². The fraction of sp³-hybridized carbons (Fsp3) is 0.250. The number of benzene rings is 1. The fourth-order valence-corrected chi connectivity index (χ4v) is 1.32. The molecule has 1 aromatic rings. The van der Waals surface area contributed by atoms with E-state index < -0.39 is 0 Å². The average molecular weight is 174 g/mol. The van der Waals surface area contributed by atoms with Gasteiger partial charge >= 0.3 is 0 Å². The van der Waals surface area contributed by atoms with Crippen LogP contribution in [0.5, 0.6) is 0 Å². The van der Waals surface area contributed by atoms with Gasteiger partial charge in [0.25, 0.3) is 0 Å². The minimum atomic E-state index is -0.315. The van der Waals surface area contributed by atoms with E-state index in [1.165, 1.54) is 12.1 Å². The van der Waals surface area contributed by atoms with Crippen LogP contribution in [0, 0.1) is 12.7 Å². The van der Waals surface area contributed by atoms with Crippen LogP contribution < -0.4 is 5.73 Å². The van der Waals surface area contributed by atoms with Crippen LogP contribution in [0.15, 0.2) is 12.1 Å². The minimum absolute atomic E-state index is 0.315. The first-order valence-electron chi connectivity index (χ1n) is 3.29. The number of nitrogens with two attached hydrogens (primary N) is 1. The number of hydrogen-bond donors (Lipinski definition) is 1. The first-order chi connectivity index (χ1) is 5.15. The van der Waals surface area contributed by atoms with Crippen LogP contribution in [-0.4, -0.2) is 0 Å². The van der Waals surface area contributed by atoms with E-state index in [1.807, 2.05) is 0 Å². The molecule has 0 unspecified atom stereocenters. The Hall–Kier alpha value is -0.600. The summed E-state index contributed by atoms with van der Waals surface area (Å²) in [6, 6.07) is 2.70. The number of halogens is 2. The van der Waals surface area contributed by atoms with Gasteiger partial charge in [0, 0.05) is 11.6 Å². The third-order valence-corrected chi connectivity index (χ3v) is 1.92. The topological polar surface area (TPSA) is 26.0 Å². The van der Waals surface area contributed by atoms with Crippen molar-refractivity contribution in [3.8, 4) is 0 Å². The molecule has 0 aliphatic rings. The zero-order valence-electron chi connectivity index (χ0n) is 6.20. The van der Waals surface area contributed by atoms with Gasteiger partial charge in [0.15, 0.2) is 0 Å². The second-order valence-corrected chi connectivity index (χ2v) is 2.79. The zero-order valence-corrected chi connectivity index (χ0v) is 6.95. The van der Waals surface area contributed by atoms with Gasteiger partial charge in [-0.15, -0.1) is 0 Å². The second-order valence-electron chi connectivity index (χ2n) is 2.39. The van der Waals surface area contributed by atoms with Crippen LogP contribution in [0.4, 0.5) is 4.39 Å². The molecule has 2 N–H and O–H groups in total. The summed E-state index contributed by atoms with van der Waals surface area (Å²) in [6.45, 7) is 2.14. The summed E-state index contributed by atoms with van der Waals surface area (Å²) in [6.07, 6.45) is 0. The van der Waals surface area contributed by atoms with Crippen molar-refractivity contribution in [2.24, 2.45) is 5.73 Å². The molecule has 0 heterocycles. The van der Waals surface area contributed by atoms with Gasteiger partial charge in [0.1, 0.15) is 5.82 Å². The largest absolute Gasteiger partial charge is 0.326 e. The van der Waals surface area contributed by atoms with Gasteiger partial charge < -0.3 is 5.73 Å². The van der Waals surface area contributed by atoms with Crippen LogP contribution in [0.3, 0.4) is 0 Å². The lowest BCUT2D eigenvalue weighted by atomic mass is 10.1. The van der Waals surface area contributed by atoms with Crippen molar-refractivity contribution in [2.75, 3.05) is 0 Å². The molecule has 1 rings (SSSR count). The summed E-state index contributed by atoms with van der Waals surface area (Å²) >= 11 is 5.71. The molecule has 0 aliphatic carbocycles. The van der Waals surface area contributed by atoms with E-state index in [4.69, 9.17) is 17.3 Å². The molecule has 0 aromatic heterocycles. The predicted molar refractivity (Wildman–Crippen MR) is 44.0 cm³/mol. The molecule has 0 bridgehead atoms. The van der Waals surface area contributed by atoms with Gasteiger partial charge in [-0.2, -0.15) is 0 Å². The molecule has 0 fully saturated rings. The summed E-state index contributed by atoms with van der Waals surface area (Å²) < 4.78 is 12.6. The number of rotatable bonds is 1. The molecule has 0 amide bonds. The van der Waals surface area contributed by atoms with Gasteiger partial charge in [0.2, 0.25) is 0 Å². The maximum atomic E-state index is 12.6. The second kappa shape index (κ2) is 3.20. The Morgan fingerprint density at radius 1 is 1.55 bits per heavy atom. The molecule has 11 heavy (non-hydrogen) atoms. The zero-order chi connectivity index (χ0) is 8.43. The highest BCUT2D eigenvalue weighted by Gasteiger charge is 2.03. The fourth-order valence-electron chi connectivity index (χ4n) is 0.991. The molecule has 0 saturated carbocycles. The van der Waals surface area contributed by atoms with E-state index in [0.717, 1.165) is 11.1 Å². The Labute approximate surface area is 70.0 Å². The van der Waals surface area contributed by atoms with E-state index in [-0.39, 0.29) is 5.82 Å². The number of aryl methyl sites for hydroxylation is 1. The molecule has 0 atom stereocenters. The normalized spacial score (nSPS) is 10.2. The first-order valence-corrected chi connectivity index (χ1v) is 3.67. The van der Waals surface area contributed by atoms with Gasteiger partial charge in [-0.05, 0) is 30.2 Å². The highest BCUT2D eigenvalue weighted by Crippen LogP contribution is 2.20. The summed E-state index contributed by atoms with van der Waals surface area (Å²) in [5.74, 6) is -0.315. The molecule has 1 aromatic carbocycles. The lowest BCUT2D eigenvalue weighted by Gasteiger charge is -2.04. The van der Waals surface area contributed by atoms with Crippen molar-refractivity contribution in [1.82, 2.24) is 0 Å². The monoisotopic (exact) mass is 173 g/mol. The number of hydrogen-bond acceptors (Lipinski definition) is 1. The molecule has 0 spiro atoms. The Kier molecular flexibility index (Phi) is 2.47. The standard InChI is InChI=1S/C8H9ClFN/c1-5-2-6(10)3-8(9)7(5)4-11/h2-3H,4,11H2,1H3. The van der Waals surface area contributed by atoms with Crippen LogP contribution in [0.2, 0.25) is 5.02 Å². The molecule has 0 saturated heterocycles. The van der Waals surface area contributed by atoms with Crippen molar-refractivity contribution >= 4 is 11.6 Å². The molecule has 0 radical (unpaired) electrons. The van der Waals surface area contributed by atoms with Crippen molar-refractivity contribution in [1.29, 1.82) is 0 Å². The summed E-state index contributed by atoms with van der Waals surface area (Å²) in [4.78, 5) is 0. The Morgan fingerprint density at radius 2 is 2.18 bits per heavy atom. The van der Waals surface area contributed by atoms with E-state index >= 15 is 0 Å². The van der Waals surface area contributed by atoms with E-state index in [1.54, 1.807) is 6.92 Å². The Morgan fingerprint density at radius 3 is 2.64 bits per heavy atom. The summed E-state index contributed by atoms with van der Waals surface area (Å²) in [5, 5.41) is 0.407. The van der Waals surface area contributed by atoms with E-state index in [9.17, 15) is 4.39 Å². The van der Waals surface area contributed by atoms with Crippen molar-refractivity contribution in [2.45, 2.75) is 13.5 Å². The Bertz CT molecular complexity index is 250. The van der Waals surface area contributed by atoms with Crippen molar-refractivity contribution in [3.63, 3.8) is 0 Å². The lowest BCUT2D eigenvalue weighted by molar-refractivity contribution is 0.625. The predicted octanol–water partition coefficient (Wildman–Crippen LogP) is 2.25. The van der Waals surface area contributed by atoms with Gasteiger partial charge in [0.05, 0.1) is 0 Å². The quantitative estimate of drug-likeness (QED) is 0.693. The first kappa shape index (κ1) is 8.50. The summed E-state index contributed by atoms with van der Waals surface area (Å²) in [5.41, 5.74) is 7.01. The Balaban J connectivity index is 3.25. The maximum absolute atomic E-state index is 12.6. The SMILES string of the molecule is Cc1cc(F)cc(Cl)c1CN. The molecular formula is C8H9ClFN. The third kappa shape index (κ3) is 1.70. The highest BCUT2D eigenvalue weighted by atomic mass is 35.5. The molecule has 3 heteroatoms. The average Bonchev–Trinajstić information content (AvgIpc) is 1.85. The molecule has 60 valence electrons. The smallest absolute Gasteiger partial charge is 0.124 e. The van der Waals surface area contributed by atoms with Gasteiger partial charge in [-0.25, -0.2) is 4.39 Å². The molecule has 0 aliphatic heterocycles. The van der Waals surface area contributed by atoms with Crippen LogP contribution in [0.25, 0.3) is 0 Å². The molecule has 1 nitrogen and oxygen atoms in total. The maximum Gasteiger partial charge on any atom is 0.124 e. The van der Waals surface area contributed by atoms with Crippen molar-refractivity contribution < 1.29 is 4.39 Å². The summed E-state index contributed by atoms with van der Waals surface area (Å²) in [7, 11) is 0. The lowest BCUT2D eigenvalue weighted by Crippen LogP contribution is -2.00. The highest BCUT2D eigenvalue weighted by molar-refractivity contribution is 6.31. The third-order valence-electron chi connectivity index (χ3n) is 1.59. The minimum Gasteiger partial charge on any atom is -0.326 e.